The highest BCUT2D eigenvalue weighted by atomic mass is 16.5. The van der Waals surface area contributed by atoms with Gasteiger partial charge < -0.3 is 20.9 Å². The van der Waals surface area contributed by atoms with E-state index in [-0.39, 0.29) is 28.7 Å². The first kappa shape index (κ1) is 17.7. The first-order valence-electron chi connectivity index (χ1n) is 6.97. The van der Waals surface area contributed by atoms with E-state index in [0.29, 0.717) is 12.5 Å². The van der Waals surface area contributed by atoms with Gasteiger partial charge in [-0.1, -0.05) is 13.8 Å². The monoisotopic (exact) mass is 309 g/mol. The molecule has 8 nitrogen and oxygen atoms in total. The Bertz CT molecular complexity index is 546. The van der Waals surface area contributed by atoms with E-state index in [9.17, 15) is 9.90 Å². The highest BCUT2D eigenvalue weighted by Crippen LogP contribution is 2.21. The maximum absolute atomic E-state index is 11.7. The Kier molecular flexibility index (Phi) is 6.58. The number of hydrogen-bond donors (Lipinski definition) is 5. The summed E-state index contributed by atoms with van der Waals surface area (Å²) in [5, 5.41) is 22.3. The summed E-state index contributed by atoms with van der Waals surface area (Å²) in [5.74, 6) is 0.507. The van der Waals surface area contributed by atoms with Crippen molar-refractivity contribution in [3.05, 3.63) is 17.3 Å². The molecule has 1 aromatic rings. The zero-order chi connectivity index (χ0) is 16.7. The molecular formula is C14H23N5O3. The molecule has 6 N–H and O–H groups in total. The van der Waals surface area contributed by atoms with Crippen molar-refractivity contribution in [2.45, 2.75) is 26.9 Å². The van der Waals surface area contributed by atoms with Gasteiger partial charge in [0.2, 0.25) is 5.90 Å². The van der Waals surface area contributed by atoms with Crippen LogP contribution < -0.4 is 16.4 Å². The highest BCUT2D eigenvalue weighted by molar-refractivity contribution is 5.99. The Morgan fingerprint density at radius 3 is 2.77 bits per heavy atom. The van der Waals surface area contributed by atoms with Gasteiger partial charge in [-0.2, -0.15) is 0 Å². The molecule has 0 aliphatic carbocycles. The number of aliphatic hydroxyl groups is 1. The van der Waals surface area contributed by atoms with Crippen LogP contribution in [0.1, 0.15) is 31.5 Å². The summed E-state index contributed by atoms with van der Waals surface area (Å²) in [6.07, 6.45) is 0.870. The Morgan fingerprint density at radius 2 is 2.23 bits per heavy atom. The van der Waals surface area contributed by atoms with Crippen LogP contribution in [0.25, 0.3) is 0 Å². The number of nitrogens with zero attached hydrogens (tertiary/aromatic N) is 1. The summed E-state index contributed by atoms with van der Waals surface area (Å²) < 4.78 is 4.81. The first-order chi connectivity index (χ1) is 10.4. The minimum Gasteiger partial charge on any atom is -0.481 e. The quantitative estimate of drug-likeness (QED) is 0.399. The number of pyridine rings is 1. The molecule has 0 fully saturated rings. The van der Waals surface area contributed by atoms with Gasteiger partial charge in [0, 0.05) is 18.3 Å². The number of nitrogens with two attached hydrogens (primary N) is 1. The molecule has 1 rings (SSSR count). The third kappa shape index (κ3) is 4.88. The van der Waals surface area contributed by atoms with Crippen molar-refractivity contribution in [2.24, 2.45) is 5.92 Å². The maximum atomic E-state index is 11.7. The molecule has 0 aliphatic heterocycles. The van der Waals surface area contributed by atoms with Crippen molar-refractivity contribution < 1.29 is 14.6 Å². The second-order valence-electron chi connectivity index (χ2n) is 5.17. The van der Waals surface area contributed by atoms with Crippen LogP contribution in [0.5, 0.6) is 0 Å². The third-order valence-electron chi connectivity index (χ3n) is 2.95. The zero-order valence-corrected chi connectivity index (χ0v) is 13.1. The molecule has 0 aliphatic rings. The van der Waals surface area contributed by atoms with Crippen LogP contribution in [0.2, 0.25) is 0 Å². The lowest BCUT2D eigenvalue weighted by Crippen LogP contribution is -2.30. The molecule has 1 aromatic heterocycles. The zero-order valence-electron chi connectivity index (χ0n) is 13.1. The predicted molar refractivity (Wildman–Crippen MR) is 84.9 cm³/mol. The molecule has 0 atom stereocenters. The highest BCUT2D eigenvalue weighted by Gasteiger charge is 2.16. The number of carbonyl (C=O) groups is 1. The summed E-state index contributed by atoms with van der Waals surface area (Å²) in [5.41, 5.74) is 6.43. The molecule has 1 heterocycles. The minimum atomic E-state index is -0.421. The van der Waals surface area contributed by atoms with Crippen LogP contribution in [0, 0.1) is 11.3 Å². The van der Waals surface area contributed by atoms with E-state index in [2.05, 4.69) is 29.5 Å². The first-order valence-corrected chi connectivity index (χ1v) is 6.97. The summed E-state index contributed by atoms with van der Waals surface area (Å²) in [6, 6.07) is 1.02. The fraction of sp³-hybridized carbons (Fsp3) is 0.500. The van der Waals surface area contributed by atoms with Gasteiger partial charge in [0.15, 0.2) is 0 Å². The molecule has 0 saturated heterocycles. The van der Waals surface area contributed by atoms with Crippen molar-refractivity contribution in [1.82, 2.24) is 10.3 Å². The smallest absolute Gasteiger partial charge is 0.320 e. The second-order valence-corrected chi connectivity index (χ2v) is 5.17. The van der Waals surface area contributed by atoms with E-state index in [4.69, 9.17) is 15.9 Å². The predicted octanol–water partition coefficient (Wildman–Crippen LogP) is 1.30. The number of anilines is 2. The van der Waals surface area contributed by atoms with Crippen molar-refractivity contribution in [1.29, 1.82) is 5.41 Å². The number of carbonyl (C=O) groups excluding carboxylic acids is 1. The average molecular weight is 309 g/mol. The van der Waals surface area contributed by atoms with E-state index in [1.807, 2.05) is 0 Å². The largest absolute Gasteiger partial charge is 0.481 e. The second kappa shape index (κ2) is 8.18. The molecule has 122 valence electrons. The Labute approximate surface area is 129 Å². The number of amides is 2. The van der Waals surface area contributed by atoms with E-state index >= 15 is 0 Å². The van der Waals surface area contributed by atoms with Crippen molar-refractivity contribution in [3.8, 4) is 0 Å². The van der Waals surface area contributed by atoms with Crippen LogP contribution in [0.15, 0.2) is 6.07 Å². The Hall–Kier alpha value is -2.35. The number of ether oxygens (including phenoxy) is 1. The van der Waals surface area contributed by atoms with Gasteiger partial charge in [0.05, 0.1) is 25.0 Å². The van der Waals surface area contributed by atoms with E-state index in [0.717, 1.165) is 6.42 Å². The standard InChI is InChI=1S/C14H23N5O3/c1-8(2)4-5-17-14(21)19-11-6-9(15)12(13(16)22-3)10(7-20)18-11/h6,8,16,20H,4-5,7H2,1-3H3,(H4,15,17,18,19,21). The summed E-state index contributed by atoms with van der Waals surface area (Å²) in [7, 11) is 1.33. The number of rotatable bonds is 6. The van der Waals surface area contributed by atoms with Gasteiger partial charge >= 0.3 is 6.03 Å². The molecule has 0 aromatic carbocycles. The minimum absolute atomic E-state index is 0.171. The molecule has 8 heteroatoms. The maximum Gasteiger partial charge on any atom is 0.320 e. The number of aromatic nitrogens is 1. The number of nitrogen functional groups attached to an aromatic ring is 1. The molecule has 0 bridgehead atoms. The van der Waals surface area contributed by atoms with Crippen LogP contribution in [-0.2, 0) is 11.3 Å². The Morgan fingerprint density at radius 1 is 1.55 bits per heavy atom. The molecule has 0 radical (unpaired) electrons. The lowest BCUT2D eigenvalue weighted by atomic mass is 10.1. The van der Waals surface area contributed by atoms with E-state index in [1.165, 1.54) is 13.2 Å². The van der Waals surface area contributed by atoms with Gasteiger partial charge in [-0.3, -0.25) is 10.7 Å². The van der Waals surface area contributed by atoms with Gasteiger partial charge in [-0.15, -0.1) is 0 Å². The normalized spacial score (nSPS) is 10.4. The number of urea groups is 1. The lowest BCUT2D eigenvalue weighted by molar-refractivity contribution is 0.251. The topological polar surface area (TPSA) is 133 Å². The van der Waals surface area contributed by atoms with E-state index in [1.54, 1.807) is 0 Å². The SMILES string of the molecule is COC(=N)c1c(N)cc(NC(=O)NCCC(C)C)nc1CO. The van der Waals surface area contributed by atoms with Gasteiger partial charge in [-0.05, 0) is 12.3 Å². The fourth-order valence-electron chi connectivity index (χ4n) is 1.80. The molecular weight excluding hydrogens is 286 g/mol. The van der Waals surface area contributed by atoms with Gasteiger partial charge in [0.25, 0.3) is 0 Å². The summed E-state index contributed by atoms with van der Waals surface area (Å²) >= 11 is 0. The van der Waals surface area contributed by atoms with Gasteiger partial charge in [-0.25, -0.2) is 9.78 Å². The van der Waals surface area contributed by atoms with Crippen molar-refractivity contribution in [2.75, 3.05) is 24.7 Å². The number of nitrogens with one attached hydrogen (secondary N) is 3. The van der Waals surface area contributed by atoms with Crippen LogP contribution >= 0.6 is 0 Å². The molecule has 0 spiro atoms. The van der Waals surface area contributed by atoms with E-state index < -0.39 is 12.6 Å². The summed E-state index contributed by atoms with van der Waals surface area (Å²) in [6.45, 7) is 4.27. The molecule has 0 saturated carbocycles. The van der Waals surface area contributed by atoms with Crippen LogP contribution in [0.4, 0.5) is 16.3 Å². The third-order valence-corrected chi connectivity index (χ3v) is 2.95. The number of methoxy groups -OCH3 is 1. The van der Waals surface area contributed by atoms with Gasteiger partial charge in [0.1, 0.15) is 5.82 Å². The fourth-order valence-corrected chi connectivity index (χ4v) is 1.80. The molecule has 22 heavy (non-hydrogen) atoms. The lowest BCUT2D eigenvalue weighted by Gasteiger charge is -2.13. The van der Waals surface area contributed by atoms with Crippen molar-refractivity contribution >= 4 is 23.4 Å². The molecule has 0 unspecified atom stereocenters. The van der Waals surface area contributed by atoms with Crippen LogP contribution in [0.3, 0.4) is 0 Å². The Balaban J connectivity index is 2.82. The molecule has 2 amide bonds. The van der Waals surface area contributed by atoms with Crippen LogP contribution in [-0.4, -0.2) is 35.7 Å². The number of hydrogen-bond acceptors (Lipinski definition) is 6. The number of aliphatic hydroxyl groups excluding tert-OH is 1. The van der Waals surface area contributed by atoms with Crippen molar-refractivity contribution in [3.63, 3.8) is 0 Å². The average Bonchev–Trinajstić information content (AvgIpc) is 2.45. The summed E-state index contributed by atoms with van der Waals surface area (Å²) in [4.78, 5) is 15.8.